The predicted molar refractivity (Wildman–Crippen MR) is 74.2 cm³/mol. The highest BCUT2D eigenvalue weighted by atomic mass is 16.5. The average Bonchev–Trinajstić information content (AvgIpc) is 2.44. The number of oxime groups is 1. The first-order chi connectivity index (χ1) is 9.13. The maximum absolute atomic E-state index is 8.79. The molecule has 3 N–H and O–H groups in total. The minimum atomic E-state index is 0.0334. The lowest BCUT2D eigenvalue weighted by Gasteiger charge is -2.27. The van der Waals surface area contributed by atoms with Crippen LogP contribution in [-0.4, -0.2) is 47.2 Å². The van der Waals surface area contributed by atoms with Crippen molar-refractivity contribution in [2.75, 3.05) is 20.3 Å². The quantitative estimate of drug-likeness (QED) is 0.333. The number of nitrogens with zero attached hydrogens (tertiary/aromatic N) is 3. The summed E-state index contributed by atoms with van der Waals surface area (Å²) in [4.78, 5) is 6.41. The van der Waals surface area contributed by atoms with Crippen molar-refractivity contribution in [2.24, 2.45) is 10.9 Å². The van der Waals surface area contributed by atoms with Crippen LogP contribution < -0.4 is 5.73 Å². The van der Waals surface area contributed by atoms with Gasteiger partial charge < -0.3 is 15.7 Å². The van der Waals surface area contributed by atoms with Gasteiger partial charge in [-0.15, -0.1) is 0 Å². The summed E-state index contributed by atoms with van der Waals surface area (Å²) in [5, 5.41) is 11.8. The normalized spacial score (nSPS) is 13.8. The lowest BCUT2D eigenvalue weighted by Crippen LogP contribution is -2.36. The van der Waals surface area contributed by atoms with E-state index < -0.39 is 0 Å². The molecule has 6 heteroatoms. The molecule has 19 heavy (non-hydrogen) atoms. The summed E-state index contributed by atoms with van der Waals surface area (Å²) in [5.41, 5.74) is 7.10. The van der Waals surface area contributed by atoms with Gasteiger partial charge in [-0.25, -0.2) is 0 Å². The SMILES string of the molecule is CCN(Cc1cccnc1C(N)=NO)C(C)COC. The molecule has 6 nitrogen and oxygen atoms in total. The largest absolute Gasteiger partial charge is 0.409 e. The van der Waals surface area contributed by atoms with Crippen molar-refractivity contribution >= 4 is 5.84 Å². The Kier molecular flexibility index (Phi) is 6.24. The van der Waals surface area contributed by atoms with Gasteiger partial charge in [0.15, 0.2) is 5.84 Å². The van der Waals surface area contributed by atoms with Crippen molar-refractivity contribution in [3.63, 3.8) is 0 Å². The summed E-state index contributed by atoms with van der Waals surface area (Å²) in [5.74, 6) is 0.0334. The molecule has 0 bridgehead atoms. The van der Waals surface area contributed by atoms with Crippen molar-refractivity contribution in [3.05, 3.63) is 29.6 Å². The number of ether oxygens (including phenoxy) is 1. The highest BCUT2D eigenvalue weighted by Crippen LogP contribution is 2.11. The van der Waals surface area contributed by atoms with E-state index in [-0.39, 0.29) is 11.9 Å². The summed E-state index contributed by atoms with van der Waals surface area (Å²) in [6.45, 7) is 6.42. The van der Waals surface area contributed by atoms with E-state index in [1.165, 1.54) is 0 Å². The Bertz CT molecular complexity index is 423. The summed E-state index contributed by atoms with van der Waals surface area (Å²) in [6, 6.07) is 4.07. The number of rotatable bonds is 7. The van der Waals surface area contributed by atoms with E-state index >= 15 is 0 Å². The molecule has 0 radical (unpaired) electrons. The second kappa shape index (κ2) is 7.70. The molecule has 0 aromatic carbocycles. The van der Waals surface area contributed by atoms with E-state index in [4.69, 9.17) is 15.7 Å². The fraction of sp³-hybridized carbons (Fsp3) is 0.538. The third-order valence-electron chi connectivity index (χ3n) is 3.05. The molecule has 1 rings (SSSR count). The summed E-state index contributed by atoms with van der Waals surface area (Å²) >= 11 is 0. The minimum absolute atomic E-state index is 0.0334. The van der Waals surface area contributed by atoms with E-state index in [0.29, 0.717) is 18.8 Å². The maximum Gasteiger partial charge on any atom is 0.189 e. The van der Waals surface area contributed by atoms with Crippen molar-refractivity contribution in [3.8, 4) is 0 Å². The van der Waals surface area contributed by atoms with Crippen LogP contribution in [0.2, 0.25) is 0 Å². The lowest BCUT2D eigenvalue weighted by atomic mass is 10.1. The molecule has 0 aliphatic carbocycles. The van der Waals surface area contributed by atoms with Crippen LogP contribution in [0.25, 0.3) is 0 Å². The predicted octanol–water partition coefficient (Wildman–Crippen LogP) is 1.03. The van der Waals surface area contributed by atoms with Crippen molar-refractivity contribution in [1.29, 1.82) is 0 Å². The monoisotopic (exact) mass is 266 g/mol. The zero-order valence-corrected chi connectivity index (χ0v) is 11.7. The van der Waals surface area contributed by atoms with Crippen molar-refractivity contribution < 1.29 is 9.94 Å². The molecule has 0 saturated heterocycles. The van der Waals surface area contributed by atoms with E-state index in [9.17, 15) is 0 Å². The molecule has 0 saturated carbocycles. The van der Waals surface area contributed by atoms with E-state index in [0.717, 1.165) is 12.1 Å². The second-order valence-electron chi connectivity index (χ2n) is 4.36. The number of methoxy groups -OCH3 is 1. The number of hydrogen-bond donors (Lipinski definition) is 2. The first-order valence-electron chi connectivity index (χ1n) is 6.28. The highest BCUT2D eigenvalue weighted by Gasteiger charge is 2.16. The number of nitrogens with two attached hydrogens (primary N) is 1. The smallest absolute Gasteiger partial charge is 0.189 e. The first kappa shape index (κ1) is 15.4. The Hall–Kier alpha value is -1.66. The fourth-order valence-electron chi connectivity index (χ4n) is 1.99. The van der Waals surface area contributed by atoms with Gasteiger partial charge in [0.1, 0.15) is 5.69 Å². The maximum atomic E-state index is 8.79. The zero-order chi connectivity index (χ0) is 14.3. The number of amidine groups is 1. The number of hydrogen-bond acceptors (Lipinski definition) is 5. The van der Waals surface area contributed by atoms with Crippen LogP contribution in [0.3, 0.4) is 0 Å². The molecule has 0 aliphatic heterocycles. The van der Waals surface area contributed by atoms with Crippen LogP contribution in [-0.2, 0) is 11.3 Å². The topological polar surface area (TPSA) is 84.0 Å². The van der Waals surface area contributed by atoms with E-state index in [2.05, 4.69) is 28.9 Å². The van der Waals surface area contributed by atoms with Crippen molar-refractivity contribution in [1.82, 2.24) is 9.88 Å². The van der Waals surface area contributed by atoms with Gasteiger partial charge in [-0.1, -0.05) is 18.1 Å². The lowest BCUT2D eigenvalue weighted by molar-refractivity contribution is 0.0981. The zero-order valence-electron chi connectivity index (χ0n) is 11.7. The Morgan fingerprint density at radius 1 is 1.63 bits per heavy atom. The molecule has 1 aromatic heterocycles. The molecule has 1 atom stereocenters. The van der Waals surface area contributed by atoms with E-state index in [1.807, 2.05) is 12.1 Å². The molecular formula is C13H22N4O2. The Balaban J connectivity index is 2.91. The van der Waals surface area contributed by atoms with Gasteiger partial charge >= 0.3 is 0 Å². The highest BCUT2D eigenvalue weighted by molar-refractivity contribution is 5.96. The van der Waals surface area contributed by atoms with Gasteiger partial charge in [-0.2, -0.15) is 0 Å². The van der Waals surface area contributed by atoms with Gasteiger partial charge in [0.05, 0.1) is 6.61 Å². The van der Waals surface area contributed by atoms with Gasteiger partial charge in [0.25, 0.3) is 0 Å². The Labute approximate surface area is 113 Å². The third-order valence-corrected chi connectivity index (χ3v) is 3.05. The Morgan fingerprint density at radius 3 is 2.95 bits per heavy atom. The Morgan fingerprint density at radius 2 is 2.37 bits per heavy atom. The van der Waals surface area contributed by atoms with Crippen LogP contribution in [0.15, 0.2) is 23.5 Å². The first-order valence-corrected chi connectivity index (χ1v) is 6.28. The standard InChI is InChI=1S/C13H22N4O2/c1-4-17(10(2)9-19-3)8-11-6-5-7-15-12(11)13(14)16-18/h5-7,10,18H,4,8-9H2,1-3H3,(H2,14,16). The van der Waals surface area contributed by atoms with Crippen LogP contribution in [0.1, 0.15) is 25.1 Å². The molecule has 1 heterocycles. The fourth-order valence-corrected chi connectivity index (χ4v) is 1.99. The summed E-state index contributed by atoms with van der Waals surface area (Å²) in [7, 11) is 1.69. The van der Waals surface area contributed by atoms with E-state index in [1.54, 1.807) is 13.3 Å². The molecule has 0 amide bonds. The number of aromatic nitrogens is 1. The van der Waals surface area contributed by atoms with Crippen molar-refractivity contribution in [2.45, 2.75) is 26.4 Å². The summed E-state index contributed by atoms with van der Waals surface area (Å²) < 4.78 is 5.18. The average molecular weight is 266 g/mol. The van der Waals surface area contributed by atoms with Crippen LogP contribution >= 0.6 is 0 Å². The molecule has 106 valence electrons. The molecule has 1 aromatic rings. The number of pyridine rings is 1. The van der Waals surface area contributed by atoms with Gasteiger partial charge in [-0.05, 0) is 25.1 Å². The van der Waals surface area contributed by atoms with Gasteiger partial charge in [-0.3, -0.25) is 9.88 Å². The van der Waals surface area contributed by atoms with Crippen LogP contribution in [0.4, 0.5) is 0 Å². The van der Waals surface area contributed by atoms with Crippen LogP contribution in [0, 0.1) is 0 Å². The molecule has 0 fully saturated rings. The molecular weight excluding hydrogens is 244 g/mol. The molecule has 0 spiro atoms. The third kappa shape index (κ3) is 4.18. The number of likely N-dealkylation sites (N-methyl/N-ethyl adjacent to an activating group) is 1. The molecule has 0 aliphatic rings. The molecule has 1 unspecified atom stereocenters. The summed E-state index contributed by atoms with van der Waals surface area (Å²) in [6.07, 6.45) is 1.63. The second-order valence-corrected chi connectivity index (χ2v) is 4.36. The minimum Gasteiger partial charge on any atom is -0.409 e. The van der Waals surface area contributed by atoms with Crippen LogP contribution in [0.5, 0.6) is 0 Å². The van der Waals surface area contributed by atoms with Gasteiger partial charge in [0.2, 0.25) is 0 Å². The van der Waals surface area contributed by atoms with Gasteiger partial charge in [0, 0.05) is 25.9 Å².